The van der Waals surface area contributed by atoms with Crippen molar-refractivity contribution in [3.8, 4) is 0 Å². The number of nitrogens with zero attached hydrogens (tertiary/aromatic N) is 2. The summed E-state index contributed by atoms with van der Waals surface area (Å²) in [4.78, 5) is 4.56. The molecular formula is C9H19ClN2. The van der Waals surface area contributed by atoms with Gasteiger partial charge >= 0.3 is 0 Å². The highest BCUT2D eigenvalue weighted by Gasteiger charge is 2.06. The molecule has 0 unspecified atom stereocenters. The monoisotopic (exact) mass is 190 g/mol. The van der Waals surface area contributed by atoms with Gasteiger partial charge in [0.2, 0.25) is 0 Å². The van der Waals surface area contributed by atoms with Crippen LogP contribution < -0.4 is 0 Å². The molecule has 1 rings (SSSR count). The maximum atomic E-state index is 2.36. The Kier molecular flexibility index (Phi) is 5.99. The van der Waals surface area contributed by atoms with Crippen LogP contribution in [-0.4, -0.2) is 30.1 Å². The maximum absolute atomic E-state index is 2.36. The van der Waals surface area contributed by atoms with Gasteiger partial charge in [0.25, 0.3) is 0 Å². The Balaban J connectivity index is 0.00000121. The van der Waals surface area contributed by atoms with Crippen LogP contribution in [0, 0.1) is 0 Å². The van der Waals surface area contributed by atoms with Gasteiger partial charge in [-0.2, -0.15) is 0 Å². The molecule has 1 aliphatic heterocycles. The lowest BCUT2D eigenvalue weighted by Crippen LogP contribution is -2.23. The van der Waals surface area contributed by atoms with E-state index in [9.17, 15) is 0 Å². The van der Waals surface area contributed by atoms with E-state index in [-0.39, 0.29) is 12.4 Å². The third-order valence-corrected chi connectivity index (χ3v) is 1.99. The van der Waals surface area contributed by atoms with Crippen LogP contribution in [-0.2, 0) is 0 Å². The summed E-state index contributed by atoms with van der Waals surface area (Å²) in [6, 6.07) is 0. The summed E-state index contributed by atoms with van der Waals surface area (Å²) in [6.45, 7) is 4.53. The van der Waals surface area contributed by atoms with E-state index in [1.807, 2.05) is 0 Å². The number of rotatable bonds is 4. The van der Waals surface area contributed by atoms with E-state index in [1.165, 1.54) is 25.8 Å². The van der Waals surface area contributed by atoms with Crippen LogP contribution >= 0.6 is 12.4 Å². The fourth-order valence-corrected chi connectivity index (χ4v) is 1.30. The van der Waals surface area contributed by atoms with Crippen molar-refractivity contribution >= 4 is 12.4 Å². The normalized spacial score (nSPS) is 15.2. The molecule has 0 aromatic carbocycles. The van der Waals surface area contributed by atoms with Crippen molar-refractivity contribution in [3.63, 3.8) is 0 Å². The van der Waals surface area contributed by atoms with E-state index in [0.29, 0.717) is 0 Å². The van der Waals surface area contributed by atoms with Gasteiger partial charge in [0, 0.05) is 26.0 Å². The second-order valence-corrected chi connectivity index (χ2v) is 3.22. The molecule has 0 bridgehead atoms. The topological polar surface area (TPSA) is 6.48 Å². The van der Waals surface area contributed by atoms with Crippen molar-refractivity contribution < 1.29 is 0 Å². The number of unbranched alkanes of at least 4 members (excludes halogenated alkanes) is 2. The minimum absolute atomic E-state index is 0. The SMILES string of the molecule is CCCCCN1C=CN(C)C1.Cl. The van der Waals surface area contributed by atoms with Gasteiger partial charge in [0.15, 0.2) is 0 Å². The third kappa shape index (κ3) is 3.86. The Morgan fingerprint density at radius 2 is 2.00 bits per heavy atom. The van der Waals surface area contributed by atoms with Crippen molar-refractivity contribution in [1.82, 2.24) is 9.80 Å². The predicted molar refractivity (Wildman–Crippen MR) is 55.2 cm³/mol. The Morgan fingerprint density at radius 3 is 2.50 bits per heavy atom. The molecule has 1 heterocycles. The molecule has 0 amide bonds. The van der Waals surface area contributed by atoms with Crippen LogP contribution in [0.3, 0.4) is 0 Å². The summed E-state index contributed by atoms with van der Waals surface area (Å²) in [5.41, 5.74) is 0. The molecule has 0 atom stereocenters. The molecule has 0 saturated carbocycles. The minimum Gasteiger partial charge on any atom is -0.362 e. The van der Waals surface area contributed by atoms with E-state index in [4.69, 9.17) is 0 Å². The van der Waals surface area contributed by atoms with Crippen molar-refractivity contribution in [3.05, 3.63) is 12.4 Å². The first-order valence-electron chi connectivity index (χ1n) is 4.45. The van der Waals surface area contributed by atoms with Crippen LogP contribution in [0.15, 0.2) is 12.4 Å². The summed E-state index contributed by atoms with van der Waals surface area (Å²) in [5.74, 6) is 0. The van der Waals surface area contributed by atoms with Crippen molar-refractivity contribution in [1.29, 1.82) is 0 Å². The molecule has 2 nitrogen and oxygen atoms in total. The van der Waals surface area contributed by atoms with Crippen LogP contribution in [0.25, 0.3) is 0 Å². The zero-order valence-electron chi connectivity index (χ0n) is 7.99. The largest absolute Gasteiger partial charge is 0.362 e. The van der Waals surface area contributed by atoms with E-state index in [0.717, 1.165) is 6.67 Å². The molecule has 0 radical (unpaired) electrons. The Morgan fingerprint density at radius 1 is 1.25 bits per heavy atom. The van der Waals surface area contributed by atoms with Crippen LogP contribution in [0.5, 0.6) is 0 Å². The molecule has 3 heteroatoms. The average Bonchev–Trinajstić information content (AvgIpc) is 2.37. The third-order valence-electron chi connectivity index (χ3n) is 1.99. The summed E-state index contributed by atoms with van der Waals surface area (Å²) >= 11 is 0. The highest BCUT2D eigenvalue weighted by Crippen LogP contribution is 2.05. The fourth-order valence-electron chi connectivity index (χ4n) is 1.30. The fraction of sp³-hybridized carbons (Fsp3) is 0.778. The molecule has 0 aliphatic carbocycles. The second-order valence-electron chi connectivity index (χ2n) is 3.22. The second kappa shape index (κ2) is 6.18. The van der Waals surface area contributed by atoms with E-state index >= 15 is 0 Å². The average molecular weight is 191 g/mol. The van der Waals surface area contributed by atoms with Gasteiger partial charge in [-0.15, -0.1) is 12.4 Å². The number of halogens is 1. The summed E-state index contributed by atoms with van der Waals surface area (Å²) in [6.07, 6.45) is 8.30. The molecule has 0 N–H and O–H groups in total. The number of hydrogen-bond acceptors (Lipinski definition) is 2. The van der Waals surface area contributed by atoms with Crippen molar-refractivity contribution in [2.45, 2.75) is 26.2 Å². The first-order valence-corrected chi connectivity index (χ1v) is 4.45. The van der Waals surface area contributed by atoms with Crippen LogP contribution in [0.4, 0.5) is 0 Å². The quantitative estimate of drug-likeness (QED) is 0.628. The van der Waals surface area contributed by atoms with E-state index < -0.39 is 0 Å². The van der Waals surface area contributed by atoms with Gasteiger partial charge in [-0.05, 0) is 6.42 Å². The van der Waals surface area contributed by atoms with E-state index in [1.54, 1.807) is 0 Å². The first kappa shape index (κ1) is 11.6. The first-order chi connectivity index (χ1) is 5.33. The molecule has 0 fully saturated rings. The molecule has 72 valence electrons. The lowest BCUT2D eigenvalue weighted by atomic mass is 10.2. The molecule has 1 aliphatic rings. The molecule has 0 spiro atoms. The van der Waals surface area contributed by atoms with Gasteiger partial charge in [-0.1, -0.05) is 19.8 Å². The minimum atomic E-state index is 0. The zero-order chi connectivity index (χ0) is 8.10. The highest BCUT2D eigenvalue weighted by molar-refractivity contribution is 5.85. The number of hydrogen-bond donors (Lipinski definition) is 0. The van der Waals surface area contributed by atoms with Gasteiger partial charge in [-0.3, -0.25) is 0 Å². The highest BCUT2D eigenvalue weighted by atomic mass is 35.5. The summed E-state index contributed by atoms with van der Waals surface area (Å²) in [7, 11) is 2.11. The Bertz CT molecular complexity index is 136. The summed E-state index contributed by atoms with van der Waals surface area (Å²) in [5, 5.41) is 0. The van der Waals surface area contributed by atoms with Crippen molar-refractivity contribution in [2.24, 2.45) is 0 Å². The van der Waals surface area contributed by atoms with E-state index in [2.05, 4.69) is 36.2 Å². The molecular weight excluding hydrogens is 172 g/mol. The lowest BCUT2D eigenvalue weighted by Gasteiger charge is -2.17. The smallest absolute Gasteiger partial charge is 0.0890 e. The van der Waals surface area contributed by atoms with Crippen LogP contribution in [0.1, 0.15) is 26.2 Å². The standard InChI is InChI=1S/C9H18N2.ClH/c1-3-4-5-6-11-8-7-10(2)9-11;/h7-8H,3-6,9H2,1-2H3;1H. The van der Waals surface area contributed by atoms with Gasteiger partial charge in [0.05, 0.1) is 6.67 Å². The Labute approximate surface area is 81.6 Å². The van der Waals surface area contributed by atoms with Gasteiger partial charge in [0.1, 0.15) is 0 Å². The zero-order valence-corrected chi connectivity index (χ0v) is 8.81. The van der Waals surface area contributed by atoms with Crippen LogP contribution in [0.2, 0.25) is 0 Å². The van der Waals surface area contributed by atoms with Crippen molar-refractivity contribution in [2.75, 3.05) is 20.3 Å². The Hall–Kier alpha value is -0.370. The molecule has 0 aromatic heterocycles. The molecule has 12 heavy (non-hydrogen) atoms. The molecule has 0 aromatic rings. The van der Waals surface area contributed by atoms with Gasteiger partial charge < -0.3 is 9.80 Å². The predicted octanol–water partition coefficient (Wildman–Crippen LogP) is 2.27. The maximum Gasteiger partial charge on any atom is 0.0890 e. The molecule has 0 saturated heterocycles. The summed E-state index contributed by atoms with van der Waals surface area (Å²) < 4.78 is 0. The van der Waals surface area contributed by atoms with Gasteiger partial charge in [-0.25, -0.2) is 0 Å². The lowest BCUT2D eigenvalue weighted by molar-refractivity contribution is 0.291.